The number of piperidine rings is 1. The van der Waals surface area contributed by atoms with Crippen LogP contribution in [0.25, 0.3) is 0 Å². The highest BCUT2D eigenvalue weighted by molar-refractivity contribution is 5.78. The molecule has 1 fully saturated rings. The Balaban J connectivity index is 2.17. The summed E-state index contributed by atoms with van der Waals surface area (Å²) in [5, 5.41) is 11.1. The molecule has 1 aliphatic heterocycles. The normalized spacial score (nSPS) is 17.1. The van der Waals surface area contributed by atoms with Gasteiger partial charge in [0.1, 0.15) is 6.61 Å². The van der Waals surface area contributed by atoms with Crippen LogP contribution < -0.4 is 5.32 Å². The molecule has 6 nitrogen and oxygen atoms in total. The molecule has 1 heterocycles. The molecule has 6 heteroatoms. The molecule has 0 aliphatic carbocycles. The van der Waals surface area contributed by atoms with Gasteiger partial charge in [-0.2, -0.15) is 0 Å². The molecule has 0 aromatic carbocycles. The van der Waals surface area contributed by atoms with Gasteiger partial charge in [-0.1, -0.05) is 5.92 Å². The van der Waals surface area contributed by atoms with Crippen molar-refractivity contribution in [2.45, 2.75) is 18.9 Å². The molecule has 0 saturated carbocycles. The van der Waals surface area contributed by atoms with Crippen molar-refractivity contribution in [3.05, 3.63) is 0 Å². The number of carbonyl (C=O) groups excluding carboxylic acids is 1. The van der Waals surface area contributed by atoms with Crippen LogP contribution in [0.15, 0.2) is 0 Å². The summed E-state index contributed by atoms with van der Waals surface area (Å²) in [7, 11) is 0. The van der Waals surface area contributed by atoms with Crippen LogP contribution >= 0.6 is 0 Å². The van der Waals surface area contributed by atoms with Gasteiger partial charge in [-0.25, -0.2) is 4.79 Å². The molecule has 0 aromatic heterocycles. The average Bonchev–Trinajstić information content (AvgIpc) is 2.35. The lowest BCUT2D eigenvalue weighted by molar-refractivity contribution is -0.145. The van der Waals surface area contributed by atoms with Gasteiger partial charge >= 0.3 is 5.97 Å². The number of nitrogens with zero attached hydrogens (tertiary/aromatic N) is 1. The molecule has 0 spiro atoms. The summed E-state index contributed by atoms with van der Waals surface area (Å²) in [4.78, 5) is 23.8. The third-order valence-electron chi connectivity index (χ3n) is 2.73. The number of hydrogen-bond donors (Lipinski definition) is 2. The quantitative estimate of drug-likeness (QED) is 0.613. The standard InChI is InChI=1S/C12H18N2O4/c1-2-5-13-11(15)8-14-6-3-10(4-7-14)18-9-12(16)17/h1,10H,3-9H2,(H,13,15)(H,16,17). The van der Waals surface area contributed by atoms with Crippen molar-refractivity contribution in [1.29, 1.82) is 0 Å². The van der Waals surface area contributed by atoms with Crippen molar-refractivity contribution < 1.29 is 19.4 Å². The maximum atomic E-state index is 11.4. The lowest BCUT2D eigenvalue weighted by Gasteiger charge is -2.30. The Hall–Kier alpha value is -1.58. The van der Waals surface area contributed by atoms with E-state index in [0.29, 0.717) is 6.54 Å². The van der Waals surface area contributed by atoms with Gasteiger partial charge in [0.05, 0.1) is 19.2 Å². The fourth-order valence-electron chi connectivity index (χ4n) is 1.83. The zero-order valence-corrected chi connectivity index (χ0v) is 10.2. The lowest BCUT2D eigenvalue weighted by Crippen LogP contribution is -2.43. The van der Waals surface area contributed by atoms with Crippen LogP contribution in [0, 0.1) is 12.3 Å². The van der Waals surface area contributed by atoms with Crippen LogP contribution in [0.3, 0.4) is 0 Å². The first kappa shape index (κ1) is 14.5. The van der Waals surface area contributed by atoms with Crippen molar-refractivity contribution in [2.75, 3.05) is 32.8 Å². The van der Waals surface area contributed by atoms with E-state index < -0.39 is 5.97 Å². The smallest absolute Gasteiger partial charge is 0.329 e. The average molecular weight is 254 g/mol. The van der Waals surface area contributed by atoms with E-state index in [1.165, 1.54) is 0 Å². The molecular weight excluding hydrogens is 236 g/mol. The summed E-state index contributed by atoms with van der Waals surface area (Å²) in [5.41, 5.74) is 0. The summed E-state index contributed by atoms with van der Waals surface area (Å²) in [6, 6.07) is 0. The Morgan fingerprint density at radius 1 is 1.44 bits per heavy atom. The Morgan fingerprint density at radius 3 is 2.67 bits per heavy atom. The van der Waals surface area contributed by atoms with Crippen LogP contribution in [-0.4, -0.2) is 60.8 Å². The van der Waals surface area contributed by atoms with Gasteiger partial charge in [0.2, 0.25) is 5.91 Å². The molecule has 100 valence electrons. The molecule has 0 bridgehead atoms. The first-order chi connectivity index (χ1) is 8.61. The van der Waals surface area contributed by atoms with Crippen molar-refractivity contribution in [2.24, 2.45) is 0 Å². The monoisotopic (exact) mass is 254 g/mol. The van der Waals surface area contributed by atoms with Gasteiger partial charge in [0.15, 0.2) is 0 Å². The Morgan fingerprint density at radius 2 is 2.11 bits per heavy atom. The van der Waals surface area contributed by atoms with Gasteiger partial charge in [-0.05, 0) is 12.8 Å². The Bertz CT molecular complexity index is 329. The van der Waals surface area contributed by atoms with Crippen molar-refractivity contribution in [1.82, 2.24) is 10.2 Å². The lowest BCUT2D eigenvalue weighted by atomic mass is 10.1. The predicted molar refractivity (Wildman–Crippen MR) is 64.9 cm³/mol. The molecule has 0 radical (unpaired) electrons. The number of amides is 1. The van der Waals surface area contributed by atoms with E-state index in [4.69, 9.17) is 16.3 Å². The molecule has 0 aromatic rings. The number of carboxylic acid groups (broad SMARTS) is 1. The molecule has 1 rings (SSSR count). The molecule has 2 N–H and O–H groups in total. The summed E-state index contributed by atoms with van der Waals surface area (Å²) in [6.45, 7) is 1.78. The zero-order chi connectivity index (χ0) is 13.4. The second-order valence-corrected chi connectivity index (χ2v) is 4.16. The zero-order valence-electron chi connectivity index (χ0n) is 10.2. The first-order valence-electron chi connectivity index (χ1n) is 5.87. The number of terminal acetylenes is 1. The van der Waals surface area contributed by atoms with Crippen molar-refractivity contribution >= 4 is 11.9 Å². The number of likely N-dealkylation sites (tertiary alicyclic amines) is 1. The second kappa shape index (κ2) is 7.69. The highest BCUT2D eigenvalue weighted by Gasteiger charge is 2.21. The SMILES string of the molecule is C#CCNC(=O)CN1CCC(OCC(=O)O)CC1. The van der Waals surface area contributed by atoms with Gasteiger partial charge in [0, 0.05) is 13.1 Å². The van der Waals surface area contributed by atoms with Crippen LogP contribution in [0.4, 0.5) is 0 Å². The second-order valence-electron chi connectivity index (χ2n) is 4.16. The molecule has 0 unspecified atom stereocenters. The number of hydrogen-bond acceptors (Lipinski definition) is 4. The molecule has 1 saturated heterocycles. The number of rotatable bonds is 6. The number of ether oxygens (including phenoxy) is 1. The third-order valence-corrected chi connectivity index (χ3v) is 2.73. The minimum Gasteiger partial charge on any atom is -0.480 e. The number of nitrogens with one attached hydrogen (secondary N) is 1. The van der Waals surface area contributed by atoms with Gasteiger partial charge in [-0.3, -0.25) is 9.69 Å². The van der Waals surface area contributed by atoms with Crippen LogP contribution in [0.5, 0.6) is 0 Å². The van der Waals surface area contributed by atoms with E-state index in [1.54, 1.807) is 0 Å². The summed E-state index contributed by atoms with van der Waals surface area (Å²) >= 11 is 0. The summed E-state index contributed by atoms with van der Waals surface area (Å²) < 4.78 is 5.21. The molecule has 18 heavy (non-hydrogen) atoms. The predicted octanol–water partition coefficient (Wildman–Crippen LogP) is -0.699. The largest absolute Gasteiger partial charge is 0.480 e. The highest BCUT2D eigenvalue weighted by atomic mass is 16.5. The Labute approximate surface area is 106 Å². The van der Waals surface area contributed by atoms with E-state index in [9.17, 15) is 9.59 Å². The third kappa shape index (κ3) is 5.66. The van der Waals surface area contributed by atoms with E-state index in [1.807, 2.05) is 4.90 Å². The van der Waals surface area contributed by atoms with Crippen LogP contribution in [-0.2, 0) is 14.3 Å². The molecule has 0 atom stereocenters. The molecule has 1 amide bonds. The fraction of sp³-hybridized carbons (Fsp3) is 0.667. The maximum absolute atomic E-state index is 11.4. The van der Waals surface area contributed by atoms with E-state index in [-0.39, 0.29) is 25.2 Å². The van der Waals surface area contributed by atoms with Gasteiger partial charge in [0.25, 0.3) is 0 Å². The minimum atomic E-state index is -0.953. The topological polar surface area (TPSA) is 78.9 Å². The van der Waals surface area contributed by atoms with Crippen LogP contribution in [0.1, 0.15) is 12.8 Å². The molecular formula is C12H18N2O4. The summed E-state index contributed by atoms with van der Waals surface area (Å²) in [5.74, 6) is 1.31. The Kier molecular flexibility index (Phi) is 6.19. The number of carbonyl (C=O) groups is 2. The highest BCUT2D eigenvalue weighted by Crippen LogP contribution is 2.13. The summed E-state index contributed by atoms with van der Waals surface area (Å²) in [6.07, 6.45) is 6.51. The van der Waals surface area contributed by atoms with E-state index in [2.05, 4.69) is 11.2 Å². The van der Waals surface area contributed by atoms with Crippen LogP contribution in [0.2, 0.25) is 0 Å². The van der Waals surface area contributed by atoms with Crippen molar-refractivity contribution in [3.8, 4) is 12.3 Å². The fourth-order valence-corrected chi connectivity index (χ4v) is 1.83. The van der Waals surface area contributed by atoms with Gasteiger partial charge < -0.3 is 15.2 Å². The van der Waals surface area contributed by atoms with Crippen molar-refractivity contribution in [3.63, 3.8) is 0 Å². The van der Waals surface area contributed by atoms with E-state index >= 15 is 0 Å². The maximum Gasteiger partial charge on any atom is 0.329 e. The molecule has 1 aliphatic rings. The number of carboxylic acids is 1. The minimum absolute atomic E-state index is 0.0221. The first-order valence-corrected chi connectivity index (χ1v) is 5.87. The number of aliphatic carboxylic acids is 1. The van der Waals surface area contributed by atoms with E-state index in [0.717, 1.165) is 25.9 Å². The van der Waals surface area contributed by atoms with Gasteiger partial charge in [-0.15, -0.1) is 6.42 Å².